The largest absolute Gasteiger partial charge is 0.483 e. The fourth-order valence-corrected chi connectivity index (χ4v) is 2.19. The third-order valence-electron chi connectivity index (χ3n) is 3.49. The van der Waals surface area contributed by atoms with Crippen LogP contribution >= 0.6 is 0 Å². The summed E-state index contributed by atoms with van der Waals surface area (Å²) in [6.07, 6.45) is 0.561. The molecule has 1 aromatic rings. The van der Waals surface area contributed by atoms with Gasteiger partial charge in [0.2, 0.25) is 0 Å². The van der Waals surface area contributed by atoms with E-state index in [0.29, 0.717) is 12.3 Å². The quantitative estimate of drug-likeness (QED) is 0.775. The second-order valence-electron chi connectivity index (χ2n) is 5.91. The van der Waals surface area contributed by atoms with Gasteiger partial charge in [-0.1, -0.05) is 45.9 Å². The van der Waals surface area contributed by atoms with E-state index in [0.717, 1.165) is 11.3 Å². The van der Waals surface area contributed by atoms with Crippen LogP contribution in [0, 0.1) is 5.92 Å². The van der Waals surface area contributed by atoms with Gasteiger partial charge in [0.15, 0.2) is 6.61 Å². The van der Waals surface area contributed by atoms with E-state index in [4.69, 9.17) is 9.84 Å². The third-order valence-corrected chi connectivity index (χ3v) is 3.49. The molecular formula is C17H27NO3. The van der Waals surface area contributed by atoms with E-state index >= 15 is 0 Å². The van der Waals surface area contributed by atoms with Gasteiger partial charge < -0.3 is 15.2 Å². The highest BCUT2D eigenvalue weighted by molar-refractivity contribution is 5.77. The number of hydrogen-bond acceptors (Lipinski definition) is 3. The van der Waals surface area contributed by atoms with Crippen LogP contribution in [0.3, 0.4) is 0 Å². The Balaban J connectivity index is 2.57. The number of para-hydroxylation sites is 1. The first kappa shape index (κ1) is 17.5. The van der Waals surface area contributed by atoms with Crippen molar-refractivity contribution < 1.29 is 14.6 Å². The molecule has 0 saturated heterocycles. The SMILES string of the molecule is CC(C)c1ccccc1OCC(=O)NC(CCO)C(C)C. The molecule has 0 aliphatic heterocycles. The molecule has 0 aliphatic rings. The van der Waals surface area contributed by atoms with Crippen molar-refractivity contribution in [3.05, 3.63) is 29.8 Å². The maximum Gasteiger partial charge on any atom is 0.258 e. The highest BCUT2D eigenvalue weighted by atomic mass is 16.5. The minimum Gasteiger partial charge on any atom is -0.483 e. The van der Waals surface area contributed by atoms with Gasteiger partial charge in [-0.05, 0) is 29.9 Å². The normalized spacial score (nSPS) is 12.5. The predicted molar refractivity (Wildman–Crippen MR) is 84.5 cm³/mol. The Labute approximate surface area is 127 Å². The van der Waals surface area contributed by atoms with E-state index in [9.17, 15) is 4.79 Å². The first-order valence-corrected chi connectivity index (χ1v) is 7.57. The Morgan fingerprint density at radius 1 is 1.24 bits per heavy atom. The van der Waals surface area contributed by atoms with E-state index in [1.807, 2.05) is 38.1 Å². The van der Waals surface area contributed by atoms with Crippen molar-refractivity contribution in [1.82, 2.24) is 5.32 Å². The molecule has 1 atom stereocenters. The molecule has 0 aromatic heterocycles. The van der Waals surface area contributed by atoms with Gasteiger partial charge >= 0.3 is 0 Å². The summed E-state index contributed by atoms with van der Waals surface area (Å²) in [7, 11) is 0. The number of aliphatic hydroxyl groups excluding tert-OH is 1. The van der Waals surface area contributed by atoms with Crippen LogP contribution in [0.25, 0.3) is 0 Å². The van der Waals surface area contributed by atoms with Gasteiger partial charge in [-0.3, -0.25) is 4.79 Å². The lowest BCUT2D eigenvalue weighted by atomic mass is 10.0. The molecule has 0 saturated carbocycles. The lowest BCUT2D eigenvalue weighted by Gasteiger charge is -2.22. The fourth-order valence-electron chi connectivity index (χ4n) is 2.19. The van der Waals surface area contributed by atoms with Gasteiger partial charge in [-0.2, -0.15) is 0 Å². The van der Waals surface area contributed by atoms with Gasteiger partial charge in [0.1, 0.15) is 5.75 Å². The average Bonchev–Trinajstić information content (AvgIpc) is 2.44. The maximum atomic E-state index is 12.0. The van der Waals surface area contributed by atoms with Crippen LogP contribution in [-0.2, 0) is 4.79 Å². The van der Waals surface area contributed by atoms with E-state index in [-0.39, 0.29) is 31.1 Å². The molecule has 0 bridgehead atoms. The highest BCUT2D eigenvalue weighted by Crippen LogP contribution is 2.25. The molecule has 2 N–H and O–H groups in total. The predicted octanol–water partition coefficient (Wildman–Crippen LogP) is 2.71. The van der Waals surface area contributed by atoms with E-state index in [2.05, 4.69) is 19.2 Å². The summed E-state index contributed by atoms with van der Waals surface area (Å²) in [6.45, 7) is 8.31. The summed E-state index contributed by atoms with van der Waals surface area (Å²) in [4.78, 5) is 12.0. The Morgan fingerprint density at radius 3 is 2.48 bits per heavy atom. The van der Waals surface area contributed by atoms with Gasteiger partial charge in [0.25, 0.3) is 5.91 Å². The number of ether oxygens (including phenoxy) is 1. The number of carbonyl (C=O) groups excluding carboxylic acids is 1. The zero-order valence-corrected chi connectivity index (χ0v) is 13.4. The lowest BCUT2D eigenvalue weighted by molar-refractivity contribution is -0.124. The van der Waals surface area contributed by atoms with Gasteiger partial charge in [0, 0.05) is 12.6 Å². The van der Waals surface area contributed by atoms with E-state index in [1.54, 1.807) is 0 Å². The molecule has 0 heterocycles. The Morgan fingerprint density at radius 2 is 1.90 bits per heavy atom. The van der Waals surface area contributed by atoms with Gasteiger partial charge in [-0.25, -0.2) is 0 Å². The van der Waals surface area contributed by atoms with Crippen LogP contribution in [0.15, 0.2) is 24.3 Å². The summed E-state index contributed by atoms with van der Waals surface area (Å²) < 4.78 is 5.64. The average molecular weight is 293 g/mol. The second kappa shape index (κ2) is 8.67. The smallest absolute Gasteiger partial charge is 0.258 e. The molecule has 1 aromatic carbocycles. The minimum atomic E-state index is -0.152. The van der Waals surface area contributed by atoms with Crippen molar-refractivity contribution in [1.29, 1.82) is 0 Å². The first-order valence-electron chi connectivity index (χ1n) is 7.57. The number of carbonyl (C=O) groups is 1. The molecule has 4 nitrogen and oxygen atoms in total. The van der Waals surface area contributed by atoms with Crippen LogP contribution in [0.4, 0.5) is 0 Å². The van der Waals surface area contributed by atoms with Crippen molar-refractivity contribution in [2.75, 3.05) is 13.2 Å². The fraction of sp³-hybridized carbons (Fsp3) is 0.588. The zero-order chi connectivity index (χ0) is 15.8. The summed E-state index contributed by atoms with van der Waals surface area (Å²) >= 11 is 0. The number of nitrogens with one attached hydrogen (secondary N) is 1. The van der Waals surface area contributed by atoms with E-state index < -0.39 is 0 Å². The maximum absolute atomic E-state index is 12.0. The van der Waals surface area contributed by atoms with Crippen LogP contribution < -0.4 is 10.1 Å². The number of amides is 1. The van der Waals surface area contributed by atoms with Crippen molar-refractivity contribution in [3.63, 3.8) is 0 Å². The second-order valence-corrected chi connectivity index (χ2v) is 5.91. The molecule has 1 unspecified atom stereocenters. The van der Waals surface area contributed by atoms with Crippen LogP contribution in [0.1, 0.15) is 45.6 Å². The van der Waals surface area contributed by atoms with Crippen molar-refractivity contribution in [3.8, 4) is 5.75 Å². The molecule has 118 valence electrons. The van der Waals surface area contributed by atoms with Crippen LogP contribution in [0.5, 0.6) is 5.75 Å². The molecule has 0 fully saturated rings. The van der Waals surface area contributed by atoms with Gasteiger partial charge in [0.05, 0.1) is 0 Å². The molecule has 0 radical (unpaired) electrons. The van der Waals surface area contributed by atoms with Crippen molar-refractivity contribution >= 4 is 5.91 Å². The summed E-state index contributed by atoms with van der Waals surface area (Å²) in [5.41, 5.74) is 1.10. The number of rotatable bonds is 8. The molecule has 21 heavy (non-hydrogen) atoms. The van der Waals surface area contributed by atoms with Crippen molar-refractivity contribution in [2.24, 2.45) is 5.92 Å². The molecule has 1 amide bonds. The number of benzene rings is 1. The van der Waals surface area contributed by atoms with Gasteiger partial charge in [-0.15, -0.1) is 0 Å². The number of aliphatic hydroxyl groups is 1. The molecule has 4 heteroatoms. The van der Waals surface area contributed by atoms with Crippen LogP contribution in [0.2, 0.25) is 0 Å². The monoisotopic (exact) mass is 293 g/mol. The highest BCUT2D eigenvalue weighted by Gasteiger charge is 2.16. The minimum absolute atomic E-state index is 0.00161. The standard InChI is InChI=1S/C17H27NO3/c1-12(2)14-7-5-6-8-16(14)21-11-17(20)18-15(9-10-19)13(3)4/h5-8,12-13,15,19H,9-11H2,1-4H3,(H,18,20). The van der Waals surface area contributed by atoms with Crippen LogP contribution in [-0.4, -0.2) is 30.3 Å². The Bertz CT molecular complexity index is 443. The molecular weight excluding hydrogens is 266 g/mol. The zero-order valence-electron chi connectivity index (χ0n) is 13.4. The Hall–Kier alpha value is -1.55. The third kappa shape index (κ3) is 5.76. The number of hydrogen-bond donors (Lipinski definition) is 2. The summed E-state index contributed by atoms with van der Waals surface area (Å²) in [5.74, 6) is 1.23. The topological polar surface area (TPSA) is 58.6 Å². The van der Waals surface area contributed by atoms with Crippen molar-refractivity contribution in [2.45, 2.75) is 46.1 Å². The molecule has 1 rings (SSSR count). The lowest BCUT2D eigenvalue weighted by Crippen LogP contribution is -2.41. The summed E-state index contributed by atoms with van der Waals surface area (Å²) in [6, 6.07) is 7.75. The first-order chi connectivity index (χ1) is 9.95. The van der Waals surface area contributed by atoms with E-state index in [1.165, 1.54) is 0 Å². The molecule has 0 aliphatic carbocycles. The Kier molecular flexibility index (Phi) is 7.23. The molecule has 0 spiro atoms. The summed E-state index contributed by atoms with van der Waals surface area (Å²) in [5, 5.41) is 11.9.